The van der Waals surface area contributed by atoms with E-state index in [0.29, 0.717) is 37.2 Å². The summed E-state index contributed by atoms with van der Waals surface area (Å²) in [5.74, 6) is 1.48. The van der Waals surface area contributed by atoms with Crippen molar-refractivity contribution in [3.63, 3.8) is 0 Å². The van der Waals surface area contributed by atoms with Crippen molar-refractivity contribution in [2.24, 2.45) is 11.8 Å². The lowest BCUT2D eigenvalue weighted by Gasteiger charge is -2.52. The highest BCUT2D eigenvalue weighted by Crippen LogP contribution is 2.44. The summed E-state index contributed by atoms with van der Waals surface area (Å²) in [7, 11) is 0. The molecule has 4 aliphatic heterocycles. The molecule has 3 aromatic rings. The van der Waals surface area contributed by atoms with Crippen LogP contribution in [0.1, 0.15) is 123 Å². The van der Waals surface area contributed by atoms with Gasteiger partial charge in [0.05, 0.1) is 25.2 Å². The smallest absolute Gasteiger partial charge is 0.410 e. The fourth-order valence-electron chi connectivity index (χ4n) is 10.5. The predicted molar refractivity (Wildman–Crippen MR) is 230 cm³/mol. The lowest BCUT2D eigenvalue weighted by Crippen LogP contribution is -2.64. The number of fused-ring (bicyclic) bond motifs is 4. The molecule has 1 saturated carbocycles. The first-order chi connectivity index (χ1) is 29.0. The number of amides is 1. The maximum absolute atomic E-state index is 14.2. The Labute approximate surface area is 352 Å². The van der Waals surface area contributed by atoms with Gasteiger partial charge in [0.15, 0.2) is 6.10 Å². The van der Waals surface area contributed by atoms with Gasteiger partial charge in [0.25, 0.3) is 0 Å². The van der Waals surface area contributed by atoms with E-state index in [9.17, 15) is 9.90 Å². The fourth-order valence-corrected chi connectivity index (χ4v) is 10.5. The van der Waals surface area contributed by atoms with Gasteiger partial charge in [-0.2, -0.15) is 4.89 Å². The number of piperidine rings is 3. The van der Waals surface area contributed by atoms with Crippen LogP contribution in [0.2, 0.25) is 0 Å². The van der Waals surface area contributed by atoms with Gasteiger partial charge in [-0.15, -0.1) is 0 Å². The van der Waals surface area contributed by atoms with E-state index in [1.165, 1.54) is 36.0 Å². The number of quaternary nitrogens is 1. The van der Waals surface area contributed by atoms with Gasteiger partial charge in [-0.1, -0.05) is 92.8 Å². The molecule has 10 nitrogen and oxygen atoms in total. The summed E-state index contributed by atoms with van der Waals surface area (Å²) in [5.41, 5.74) is 5.88. The van der Waals surface area contributed by atoms with Crippen LogP contribution < -0.4 is 10.1 Å². The van der Waals surface area contributed by atoms with Crippen LogP contribution in [0.15, 0.2) is 72.8 Å². The molecule has 3 N–H and O–H groups in total. The Morgan fingerprint density at radius 3 is 2.42 bits per heavy atom. The molecule has 2 bridgehead atoms. The number of nitrogens with one attached hydrogen (secondary N) is 1. The maximum Gasteiger partial charge on any atom is 0.410 e. The third-order valence-corrected chi connectivity index (χ3v) is 13.8. The van der Waals surface area contributed by atoms with Gasteiger partial charge in [0, 0.05) is 50.6 Å². The Bertz CT molecular complexity index is 1710. The second-order valence-electron chi connectivity index (χ2n) is 17.8. The lowest BCUT2D eigenvalue weighted by molar-refractivity contribution is -0.958. The first-order valence-electron chi connectivity index (χ1n) is 22.9. The molecule has 3 atom stereocenters. The molecule has 59 heavy (non-hydrogen) atoms. The van der Waals surface area contributed by atoms with E-state index in [0.717, 1.165) is 132 Å². The summed E-state index contributed by atoms with van der Waals surface area (Å²) in [4.78, 5) is 20.6. The zero-order valence-corrected chi connectivity index (χ0v) is 35.3. The van der Waals surface area contributed by atoms with Crippen LogP contribution in [0.25, 0.3) is 0 Å². The molecular formula is C49H70N3O7+. The summed E-state index contributed by atoms with van der Waals surface area (Å²) >= 11 is 0. The second-order valence-corrected chi connectivity index (χ2v) is 17.8. The first kappa shape index (κ1) is 43.6. The van der Waals surface area contributed by atoms with Crippen LogP contribution >= 0.6 is 0 Å². The molecule has 1 unspecified atom stereocenters. The van der Waals surface area contributed by atoms with Crippen LogP contribution in [-0.2, 0) is 33.7 Å². The Hall–Kier alpha value is -3.51. The summed E-state index contributed by atoms with van der Waals surface area (Å²) < 4.78 is 19.1. The molecule has 3 saturated heterocycles. The normalized spacial score (nSPS) is 23.5. The highest BCUT2D eigenvalue weighted by molar-refractivity contribution is 5.69. The summed E-state index contributed by atoms with van der Waals surface area (Å²) in [6.07, 6.45) is 15.8. The molecule has 4 fully saturated rings. The minimum absolute atomic E-state index is 0.0879. The third-order valence-electron chi connectivity index (χ3n) is 13.8. The van der Waals surface area contributed by atoms with Gasteiger partial charge >= 0.3 is 6.09 Å². The number of aryl methyl sites for hydroxylation is 1. The average molecular weight is 813 g/mol. The van der Waals surface area contributed by atoms with Crippen molar-refractivity contribution in [1.82, 2.24) is 10.2 Å². The van der Waals surface area contributed by atoms with Crippen LogP contribution in [0, 0.1) is 11.8 Å². The van der Waals surface area contributed by atoms with Crippen LogP contribution in [0.4, 0.5) is 4.79 Å². The highest BCUT2D eigenvalue weighted by atomic mass is 17.1. The molecule has 0 aromatic heterocycles. The van der Waals surface area contributed by atoms with Gasteiger partial charge in [-0.3, -0.25) is 0 Å². The zero-order chi connectivity index (χ0) is 40.7. The van der Waals surface area contributed by atoms with Crippen molar-refractivity contribution < 1.29 is 38.7 Å². The number of rotatable bonds is 22. The maximum atomic E-state index is 14.2. The number of ether oxygens (including phenoxy) is 3. The van der Waals surface area contributed by atoms with Gasteiger partial charge in [0.1, 0.15) is 18.8 Å². The van der Waals surface area contributed by atoms with Crippen LogP contribution in [0.5, 0.6) is 5.75 Å². The summed E-state index contributed by atoms with van der Waals surface area (Å²) in [5, 5.41) is 23.8. The van der Waals surface area contributed by atoms with Crippen molar-refractivity contribution in [3.8, 4) is 5.75 Å². The first-order valence-corrected chi connectivity index (χ1v) is 22.9. The molecule has 5 aliphatic rings. The van der Waals surface area contributed by atoms with Gasteiger partial charge in [0.2, 0.25) is 6.79 Å². The van der Waals surface area contributed by atoms with Gasteiger partial charge in [-0.25, -0.2) is 10.1 Å². The molecule has 0 radical (unpaired) electrons. The minimum atomic E-state index is -0.667. The number of carbonyl (C=O) groups is 1. The number of unbranched alkanes of at least 4 members (excludes halogenated alkanes) is 4. The Morgan fingerprint density at radius 2 is 1.61 bits per heavy atom. The quantitative estimate of drug-likeness (QED) is 0.0303. The van der Waals surface area contributed by atoms with Crippen molar-refractivity contribution in [2.75, 3.05) is 59.3 Å². The van der Waals surface area contributed by atoms with E-state index in [4.69, 9.17) is 19.5 Å². The zero-order valence-electron chi connectivity index (χ0n) is 35.3. The molecule has 8 rings (SSSR count). The lowest BCUT2D eigenvalue weighted by atomic mass is 9.77. The van der Waals surface area contributed by atoms with E-state index in [1.54, 1.807) is 0 Å². The number of carbonyl (C=O) groups excluding carboxylic acids is 1. The summed E-state index contributed by atoms with van der Waals surface area (Å²) in [6.45, 7) is 6.87. The number of nitrogens with zero attached hydrogens (tertiary/aromatic N) is 2. The molecular weight excluding hydrogens is 743 g/mol. The Kier molecular flexibility index (Phi) is 16.5. The largest absolute Gasteiger partial charge is 0.464 e. The number of benzene rings is 3. The molecule has 0 spiro atoms. The number of aliphatic hydroxyl groups is 1. The van der Waals surface area contributed by atoms with Crippen LogP contribution in [0.3, 0.4) is 0 Å². The molecule has 4 heterocycles. The average Bonchev–Trinajstić information content (AvgIpc) is 3.28. The molecule has 1 amide bonds. The van der Waals surface area contributed by atoms with Crippen molar-refractivity contribution in [3.05, 3.63) is 101 Å². The minimum Gasteiger partial charge on any atom is -0.464 e. The molecule has 3 aromatic carbocycles. The Balaban J connectivity index is 0.875. The third kappa shape index (κ3) is 12.1. The van der Waals surface area contributed by atoms with E-state index < -0.39 is 6.10 Å². The van der Waals surface area contributed by atoms with Gasteiger partial charge in [-0.05, 0) is 98.2 Å². The number of aliphatic hydroxyl groups excluding tert-OH is 1. The molecule has 10 heteroatoms. The van der Waals surface area contributed by atoms with E-state index in [-0.39, 0.29) is 25.0 Å². The Morgan fingerprint density at radius 1 is 0.847 bits per heavy atom. The molecule has 322 valence electrons. The van der Waals surface area contributed by atoms with Crippen LogP contribution in [-0.4, -0.2) is 91.2 Å². The fraction of sp³-hybridized carbons (Fsp3) is 0.612. The van der Waals surface area contributed by atoms with Gasteiger partial charge < -0.3 is 34.0 Å². The highest BCUT2D eigenvalue weighted by Gasteiger charge is 2.49. The SMILES string of the molecule is O=C(O[C@H]1C[N+]2(Cc3cc(C(O)CNCCCCCCOCCCCc4ccccc4)ccc3OCOO)CCC1CC2)N1CCc2ccccc2[C@@H]1C1CCCCC1. The summed E-state index contributed by atoms with van der Waals surface area (Å²) in [6, 6.07) is 25.3. The van der Waals surface area contributed by atoms with Crippen molar-refractivity contribution >= 4 is 6.09 Å². The second kappa shape index (κ2) is 22.4. The van der Waals surface area contributed by atoms with E-state index in [2.05, 4.69) is 75.8 Å². The van der Waals surface area contributed by atoms with E-state index in [1.807, 2.05) is 12.1 Å². The predicted octanol–water partition coefficient (Wildman–Crippen LogP) is 9.16. The molecule has 1 aliphatic carbocycles. The number of hydrogen-bond acceptors (Lipinski definition) is 8. The monoisotopic (exact) mass is 813 g/mol. The van der Waals surface area contributed by atoms with E-state index >= 15 is 0 Å². The van der Waals surface area contributed by atoms with Crippen molar-refractivity contribution in [2.45, 2.75) is 121 Å². The standard InChI is InChI=1S/C49H69N3O7/c53-45(34-50-27-12-1-2-13-31-56-32-14-11-17-38-15-5-3-6-16-38)42-22-23-46(57-37-58-55)43(33-42)35-52-29-25-40(26-30-52)47(36-52)59-49(54)51-28-24-39-18-9-10-21-44(39)48(51)41-19-7-4-8-20-41/h3,5-6,9-10,15-16,18,21-23,33,40-41,45,47-48,50,53H,1-2,4,7-8,11-14,17,19-20,24-32,34-37H2/p+1/t40?,45?,47-,48-,52?/m0/s1. The topological polar surface area (TPSA) is 110 Å². The number of hydrogen-bond donors (Lipinski definition) is 3. The van der Waals surface area contributed by atoms with Crippen molar-refractivity contribution in [1.29, 1.82) is 0 Å².